The van der Waals surface area contributed by atoms with E-state index < -0.39 is 12.2 Å². The highest BCUT2D eigenvalue weighted by Gasteiger charge is 2.22. The Balaban J connectivity index is 1.75. The van der Waals surface area contributed by atoms with Gasteiger partial charge in [-0.05, 0) is 23.3 Å². The number of amides is 2. The van der Waals surface area contributed by atoms with Gasteiger partial charge in [0, 0.05) is 6.07 Å². The van der Waals surface area contributed by atoms with E-state index in [1.807, 2.05) is 60.7 Å². The fraction of sp³-hybridized carbons (Fsp3) is 0.167. The molecule has 0 aliphatic rings. The summed E-state index contributed by atoms with van der Waals surface area (Å²) in [5, 5.41) is 0.957. The summed E-state index contributed by atoms with van der Waals surface area (Å²) < 4.78 is 21.2. The molecule has 2 amide bonds. The Morgan fingerprint density at radius 1 is 0.750 bits per heavy atom. The minimum Gasteiger partial charge on any atom is -0.493 e. The van der Waals surface area contributed by atoms with E-state index in [2.05, 4.69) is 5.43 Å². The molecule has 0 bridgehead atoms. The van der Waals surface area contributed by atoms with Crippen LogP contribution in [0.25, 0.3) is 0 Å². The first-order chi connectivity index (χ1) is 15.6. The molecule has 0 atom stereocenters. The Morgan fingerprint density at radius 3 is 1.88 bits per heavy atom. The van der Waals surface area contributed by atoms with Crippen molar-refractivity contribution in [2.24, 2.45) is 0 Å². The zero-order valence-electron chi connectivity index (χ0n) is 17.8. The van der Waals surface area contributed by atoms with E-state index in [1.54, 1.807) is 18.2 Å². The minimum absolute atomic E-state index is 0.0320. The van der Waals surface area contributed by atoms with Gasteiger partial charge in [-0.1, -0.05) is 60.7 Å². The number of nitrogens with one attached hydrogen (secondary N) is 1. The van der Waals surface area contributed by atoms with E-state index in [1.165, 1.54) is 14.2 Å². The number of carbonyl (C=O) groups is 2. The highest BCUT2D eigenvalue weighted by molar-refractivity contribution is 5.91. The van der Waals surface area contributed by atoms with Crippen LogP contribution in [0.4, 0.5) is 15.3 Å². The SMILES string of the molecule is COc1ccc(N(NC(=O)OCc2ccccc2)C(=O)OCc2ccccc2)cc1OC. The second-order valence-electron chi connectivity index (χ2n) is 6.59. The Labute approximate surface area is 186 Å². The molecule has 0 aliphatic heterocycles. The molecule has 0 unspecified atom stereocenters. The van der Waals surface area contributed by atoms with E-state index in [4.69, 9.17) is 18.9 Å². The molecular weight excluding hydrogens is 412 g/mol. The number of carbonyl (C=O) groups excluding carboxylic acids is 2. The van der Waals surface area contributed by atoms with E-state index in [-0.39, 0.29) is 13.2 Å². The third-order valence-electron chi connectivity index (χ3n) is 4.43. The fourth-order valence-electron chi connectivity index (χ4n) is 2.81. The van der Waals surface area contributed by atoms with Crippen LogP contribution in [0.2, 0.25) is 0 Å². The standard InChI is InChI=1S/C24H24N2O6/c1-29-21-14-13-20(15-22(21)30-2)26(24(28)32-17-19-11-7-4-8-12-19)25-23(27)31-16-18-9-5-3-6-10-18/h3-15H,16-17H2,1-2H3,(H,25,27). The molecule has 0 aromatic heterocycles. The third kappa shape index (κ3) is 6.15. The Hall–Kier alpha value is -4.20. The van der Waals surface area contributed by atoms with Crippen molar-refractivity contribution in [3.63, 3.8) is 0 Å². The number of hydrogen-bond donors (Lipinski definition) is 1. The van der Waals surface area contributed by atoms with Gasteiger partial charge in [0.2, 0.25) is 0 Å². The van der Waals surface area contributed by atoms with E-state index in [9.17, 15) is 9.59 Å². The van der Waals surface area contributed by atoms with E-state index in [0.29, 0.717) is 17.2 Å². The number of hydrazine groups is 1. The predicted octanol–water partition coefficient (Wildman–Crippen LogP) is 4.69. The normalized spacial score (nSPS) is 10.1. The van der Waals surface area contributed by atoms with Gasteiger partial charge >= 0.3 is 12.2 Å². The van der Waals surface area contributed by atoms with Crippen molar-refractivity contribution in [2.45, 2.75) is 13.2 Å². The lowest BCUT2D eigenvalue weighted by atomic mass is 10.2. The first kappa shape index (κ1) is 22.5. The number of nitrogens with zero attached hydrogens (tertiary/aromatic N) is 1. The summed E-state index contributed by atoms with van der Waals surface area (Å²) >= 11 is 0. The van der Waals surface area contributed by atoms with Crippen molar-refractivity contribution in [3.8, 4) is 11.5 Å². The molecule has 3 aromatic rings. The molecule has 32 heavy (non-hydrogen) atoms. The van der Waals surface area contributed by atoms with Gasteiger partial charge in [-0.25, -0.2) is 15.0 Å². The van der Waals surface area contributed by atoms with E-state index >= 15 is 0 Å². The second kappa shape index (κ2) is 11.3. The molecule has 3 rings (SSSR count). The molecule has 0 spiro atoms. The van der Waals surface area contributed by atoms with E-state index in [0.717, 1.165) is 16.1 Å². The zero-order chi connectivity index (χ0) is 22.8. The molecule has 0 radical (unpaired) electrons. The van der Waals surface area contributed by atoms with Gasteiger partial charge in [0.1, 0.15) is 13.2 Å². The smallest absolute Gasteiger partial charge is 0.433 e. The summed E-state index contributed by atoms with van der Waals surface area (Å²) in [4.78, 5) is 25.3. The molecule has 0 heterocycles. The predicted molar refractivity (Wildman–Crippen MR) is 118 cm³/mol. The first-order valence-corrected chi connectivity index (χ1v) is 9.81. The highest BCUT2D eigenvalue weighted by Crippen LogP contribution is 2.31. The van der Waals surface area contributed by atoms with Crippen LogP contribution in [-0.2, 0) is 22.7 Å². The Bertz CT molecular complexity index is 1030. The van der Waals surface area contributed by atoms with Crippen LogP contribution in [0.15, 0.2) is 78.9 Å². The van der Waals surface area contributed by atoms with Crippen molar-refractivity contribution < 1.29 is 28.5 Å². The van der Waals surface area contributed by atoms with Gasteiger partial charge in [0.05, 0.1) is 19.9 Å². The van der Waals surface area contributed by atoms with Crippen LogP contribution in [0.1, 0.15) is 11.1 Å². The van der Waals surface area contributed by atoms with Crippen molar-refractivity contribution in [1.29, 1.82) is 0 Å². The van der Waals surface area contributed by atoms with Crippen LogP contribution in [-0.4, -0.2) is 26.4 Å². The molecule has 0 saturated carbocycles. The van der Waals surface area contributed by atoms with Gasteiger partial charge in [-0.15, -0.1) is 0 Å². The summed E-state index contributed by atoms with van der Waals surface area (Å²) in [6.45, 7) is 0.0791. The highest BCUT2D eigenvalue weighted by atomic mass is 16.6. The molecule has 0 fully saturated rings. The van der Waals surface area contributed by atoms with Gasteiger partial charge < -0.3 is 18.9 Å². The van der Waals surface area contributed by atoms with Gasteiger partial charge in [0.15, 0.2) is 11.5 Å². The number of methoxy groups -OCH3 is 2. The quantitative estimate of drug-likeness (QED) is 0.541. The van der Waals surface area contributed by atoms with Crippen molar-refractivity contribution in [3.05, 3.63) is 90.0 Å². The maximum absolute atomic E-state index is 12.8. The van der Waals surface area contributed by atoms with Crippen molar-refractivity contribution >= 4 is 17.9 Å². The summed E-state index contributed by atoms with van der Waals surface area (Å²) in [5.74, 6) is 0.853. The average Bonchev–Trinajstić information content (AvgIpc) is 2.85. The van der Waals surface area contributed by atoms with Crippen LogP contribution in [0.5, 0.6) is 11.5 Å². The zero-order valence-corrected chi connectivity index (χ0v) is 17.8. The average molecular weight is 436 g/mol. The molecule has 0 saturated heterocycles. The second-order valence-corrected chi connectivity index (χ2v) is 6.59. The monoisotopic (exact) mass is 436 g/mol. The number of anilines is 1. The molecule has 3 aromatic carbocycles. The lowest BCUT2D eigenvalue weighted by Gasteiger charge is -2.23. The number of rotatable bonds is 7. The Kier molecular flexibility index (Phi) is 7.91. The maximum atomic E-state index is 12.8. The minimum atomic E-state index is -0.819. The van der Waals surface area contributed by atoms with Crippen LogP contribution < -0.4 is 19.9 Å². The lowest BCUT2D eigenvalue weighted by molar-refractivity contribution is 0.126. The van der Waals surface area contributed by atoms with Crippen molar-refractivity contribution in [2.75, 3.05) is 19.2 Å². The number of ether oxygens (including phenoxy) is 4. The summed E-state index contributed by atoms with van der Waals surface area (Å²) in [7, 11) is 2.98. The Morgan fingerprint density at radius 2 is 1.31 bits per heavy atom. The van der Waals surface area contributed by atoms with Crippen molar-refractivity contribution in [1.82, 2.24) is 5.43 Å². The molecule has 8 heteroatoms. The van der Waals surface area contributed by atoms with Gasteiger partial charge in [-0.2, -0.15) is 5.01 Å². The third-order valence-corrected chi connectivity index (χ3v) is 4.43. The van der Waals surface area contributed by atoms with Crippen LogP contribution in [0, 0.1) is 0 Å². The summed E-state index contributed by atoms with van der Waals surface area (Å²) in [6, 6.07) is 23.2. The molecule has 8 nitrogen and oxygen atoms in total. The first-order valence-electron chi connectivity index (χ1n) is 9.81. The maximum Gasteiger partial charge on any atom is 0.433 e. The topological polar surface area (TPSA) is 86.3 Å². The summed E-state index contributed by atoms with van der Waals surface area (Å²) in [6.07, 6.45) is -1.61. The largest absolute Gasteiger partial charge is 0.493 e. The number of benzene rings is 3. The molecule has 166 valence electrons. The van der Waals surface area contributed by atoms with Crippen LogP contribution in [0.3, 0.4) is 0 Å². The van der Waals surface area contributed by atoms with Crippen LogP contribution >= 0.6 is 0 Å². The lowest BCUT2D eigenvalue weighted by Crippen LogP contribution is -2.47. The molecule has 0 aliphatic carbocycles. The van der Waals surface area contributed by atoms with Gasteiger partial charge in [0.25, 0.3) is 0 Å². The molecule has 1 N–H and O–H groups in total. The fourth-order valence-corrected chi connectivity index (χ4v) is 2.81. The molecular formula is C24H24N2O6. The summed E-state index contributed by atoms with van der Waals surface area (Å²) in [5.41, 5.74) is 4.35. The number of hydrogen-bond acceptors (Lipinski definition) is 6. The van der Waals surface area contributed by atoms with Gasteiger partial charge in [-0.3, -0.25) is 0 Å².